The number of hydrogen-bond acceptors (Lipinski definition) is 0. The van der Waals surface area contributed by atoms with Crippen LogP contribution in [0.1, 0.15) is 107 Å². The van der Waals surface area contributed by atoms with Gasteiger partial charge in [0.2, 0.25) is 0 Å². The molecule has 0 spiro atoms. The summed E-state index contributed by atoms with van der Waals surface area (Å²) in [6.45, 7) is 23.3. The van der Waals surface area contributed by atoms with E-state index in [0.717, 1.165) is 29.6 Å². The van der Waals surface area contributed by atoms with Gasteiger partial charge in [0.1, 0.15) is 0 Å². The molecule has 0 bridgehead atoms. The van der Waals surface area contributed by atoms with Gasteiger partial charge >= 0.3 is 0 Å². The molecule has 0 saturated heterocycles. The number of hydrogen-bond donors (Lipinski definition) is 0. The van der Waals surface area contributed by atoms with Crippen LogP contribution in [-0.4, -0.2) is 0 Å². The molecule has 0 aromatic rings. The van der Waals surface area contributed by atoms with Crippen molar-refractivity contribution in [3.63, 3.8) is 0 Å². The van der Waals surface area contributed by atoms with E-state index < -0.39 is 0 Å². The number of allylic oxidation sites excluding steroid dienone is 1. The summed E-state index contributed by atoms with van der Waals surface area (Å²) in [5.74, 6) is 4.98. The van der Waals surface area contributed by atoms with Crippen LogP contribution in [0.4, 0.5) is 0 Å². The van der Waals surface area contributed by atoms with Crippen LogP contribution in [0.3, 0.4) is 0 Å². The molecule has 0 amide bonds. The summed E-state index contributed by atoms with van der Waals surface area (Å²) in [6, 6.07) is 0. The molecule has 0 rings (SSSR count). The Bertz CT molecular complexity index is 316. The lowest BCUT2D eigenvalue weighted by Gasteiger charge is -2.32. The van der Waals surface area contributed by atoms with E-state index in [9.17, 15) is 0 Å². The topological polar surface area (TPSA) is 0 Å². The summed E-state index contributed by atoms with van der Waals surface area (Å²) in [4.78, 5) is 0. The standard InChI is InChI=1S/C24H48/c1-10-11-12-15-21(6)23(8)24(9)22(7)17-19(4)14-13-16-20(5)18(2)3/h19-24H,2,10-17H2,1,3-9H3. The first-order valence-electron chi connectivity index (χ1n) is 10.9. The molecule has 0 aromatic carbocycles. The largest absolute Gasteiger partial charge is 0.0999 e. The van der Waals surface area contributed by atoms with Crippen LogP contribution >= 0.6 is 0 Å². The van der Waals surface area contributed by atoms with Gasteiger partial charge in [-0.2, -0.15) is 0 Å². The van der Waals surface area contributed by atoms with E-state index in [2.05, 4.69) is 62.0 Å². The first-order chi connectivity index (χ1) is 11.2. The highest BCUT2D eigenvalue weighted by Gasteiger charge is 2.24. The minimum absolute atomic E-state index is 0.692. The van der Waals surface area contributed by atoms with Gasteiger partial charge < -0.3 is 0 Å². The predicted molar refractivity (Wildman–Crippen MR) is 112 cm³/mol. The van der Waals surface area contributed by atoms with E-state index in [1.165, 1.54) is 56.9 Å². The molecule has 0 fully saturated rings. The van der Waals surface area contributed by atoms with E-state index in [1.807, 2.05) is 0 Å². The highest BCUT2D eigenvalue weighted by Crippen LogP contribution is 2.33. The average Bonchev–Trinajstić information content (AvgIpc) is 2.53. The summed E-state index contributed by atoms with van der Waals surface area (Å²) in [5.41, 5.74) is 1.34. The van der Waals surface area contributed by atoms with Crippen molar-refractivity contribution in [2.24, 2.45) is 35.5 Å². The molecule has 0 heteroatoms. The normalized spacial score (nSPS) is 19.3. The quantitative estimate of drug-likeness (QED) is 0.220. The van der Waals surface area contributed by atoms with Gasteiger partial charge in [0.15, 0.2) is 0 Å². The molecule has 0 heterocycles. The molecule has 144 valence electrons. The summed E-state index contributed by atoms with van der Waals surface area (Å²) < 4.78 is 0. The van der Waals surface area contributed by atoms with Crippen LogP contribution in [0.2, 0.25) is 0 Å². The van der Waals surface area contributed by atoms with Crippen LogP contribution < -0.4 is 0 Å². The molecule has 0 N–H and O–H groups in total. The van der Waals surface area contributed by atoms with Crippen molar-refractivity contribution in [2.45, 2.75) is 107 Å². The molecule has 0 aromatic heterocycles. The van der Waals surface area contributed by atoms with Crippen molar-refractivity contribution in [3.8, 4) is 0 Å². The molecule has 0 nitrogen and oxygen atoms in total. The zero-order chi connectivity index (χ0) is 18.7. The smallest absolute Gasteiger partial charge is 0.0237 e. The third-order valence-corrected chi connectivity index (χ3v) is 6.84. The predicted octanol–water partition coefficient (Wildman–Crippen LogP) is 8.52. The SMILES string of the molecule is C=C(C)C(C)CCCC(C)CC(C)C(C)C(C)C(C)CCCCC. The second kappa shape index (κ2) is 13.0. The molecule has 0 aliphatic carbocycles. The average molecular weight is 337 g/mol. The summed E-state index contributed by atoms with van der Waals surface area (Å²) >= 11 is 0. The molecule has 0 aliphatic heterocycles. The van der Waals surface area contributed by atoms with E-state index in [-0.39, 0.29) is 0 Å². The highest BCUT2D eigenvalue weighted by atomic mass is 14.3. The molecular formula is C24H48. The fourth-order valence-electron chi connectivity index (χ4n) is 4.00. The van der Waals surface area contributed by atoms with Crippen molar-refractivity contribution in [2.75, 3.05) is 0 Å². The molecule has 0 radical (unpaired) electrons. The maximum Gasteiger partial charge on any atom is -0.0237 e. The van der Waals surface area contributed by atoms with Gasteiger partial charge in [0.05, 0.1) is 0 Å². The van der Waals surface area contributed by atoms with E-state index in [1.54, 1.807) is 0 Å². The van der Waals surface area contributed by atoms with Crippen LogP contribution in [0, 0.1) is 35.5 Å². The lowest BCUT2D eigenvalue weighted by Crippen LogP contribution is -2.23. The highest BCUT2D eigenvalue weighted by molar-refractivity contribution is 4.93. The molecule has 6 unspecified atom stereocenters. The summed E-state index contributed by atoms with van der Waals surface area (Å²) in [7, 11) is 0. The van der Waals surface area contributed by atoms with E-state index in [4.69, 9.17) is 0 Å². The minimum atomic E-state index is 0.692. The number of rotatable bonds is 14. The Labute approximate surface area is 154 Å². The first-order valence-corrected chi connectivity index (χ1v) is 10.9. The molecule has 0 saturated carbocycles. The van der Waals surface area contributed by atoms with Crippen molar-refractivity contribution < 1.29 is 0 Å². The zero-order valence-electron chi connectivity index (χ0n) is 18.3. The van der Waals surface area contributed by atoms with Gasteiger partial charge in [-0.3, -0.25) is 0 Å². The van der Waals surface area contributed by atoms with Crippen LogP contribution in [0.15, 0.2) is 12.2 Å². The number of unbranched alkanes of at least 4 members (excludes halogenated alkanes) is 2. The van der Waals surface area contributed by atoms with Crippen LogP contribution in [0.25, 0.3) is 0 Å². The van der Waals surface area contributed by atoms with Gasteiger partial charge in [-0.1, -0.05) is 99.1 Å². The van der Waals surface area contributed by atoms with Crippen molar-refractivity contribution in [3.05, 3.63) is 12.2 Å². The van der Waals surface area contributed by atoms with Crippen molar-refractivity contribution in [1.29, 1.82) is 0 Å². The Balaban J connectivity index is 4.13. The molecular weight excluding hydrogens is 288 g/mol. The second-order valence-electron chi connectivity index (χ2n) is 9.19. The zero-order valence-corrected chi connectivity index (χ0v) is 18.3. The minimum Gasteiger partial charge on any atom is -0.0999 e. The Morgan fingerprint density at radius 2 is 1.33 bits per heavy atom. The van der Waals surface area contributed by atoms with Gasteiger partial charge in [-0.15, -0.1) is 0 Å². The van der Waals surface area contributed by atoms with E-state index >= 15 is 0 Å². The van der Waals surface area contributed by atoms with Gasteiger partial charge in [0.25, 0.3) is 0 Å². The van der Waals surface area contributed by atoms with E-state index in [0.29, 0.717) is 5.92 Å². The monoisotopic (exact) mass is 336 g/mol. The van der Waals surface area contributed by atoms with Crippen molar-refractivity contribution >= 4 is 0 Å². The Morgan fingerprint density at radius 3 is 1.88 bits per heavy atom. The van der Waals surface area contributed by atoms with Gasteiger partial charge in [0, 0.05) is 0 Å². The summed E-state index contributed by atoms with van der Waals surface area (Å²) in [5, 5.41) is 0. The third kappa shape index (κ3) is 9.90. The van der Waals surface area contributed by atoms with Gasteiger partial charge in [-0.25, -0.2) is 0 Å². The summed E-state index contributed by atoms with van der Waals surface area (Å²) in [6.07, 6.45) is 11.0. The molecule has 24 heavy (non-hydrogen) atoms. The first kappa shape index (κ1) is 23.7. The molecule has 6 atom stereocenters. The van der Waals surface area contributed by atoms with Gasteiger partial charge in [-0.05, 0) is 55.3 Å². The Hall–Kier alpha value is -0.260. The van der Waals surface area contributed by atoms with Crippen LogP contribution in [0.5, 0.6) is 0 Å². The lowest BCUT2D eigenvalue weighted by molar-refractivity contribution is 0.179. The van der Waals surface area contributed by atoms with Crippen LogP contribution in [-0.2, 0) is 0 Å². The van der Waals surface area contributed by atoms with Crippen molar-refractivity contribution in [1.82, 2.24) is 0 Å². The molecule has 0 aliphatic rings. The maximum absolute atomic E-state index is 4.09. The maximum atomic E-state index is 4.09. The fourth-order valence-corrected chi connectivity index (χ4v) is 4.00. The Morgan fingerprint density at radius 1 is 0.750 bits per heavy atom. The lowest BCUT2D eigenvalue weighted by atomic mass is 9.74. The second-order valence-corrected chi connectivity index (χ2v) is 9.19. The fraction of sp³-hybridized carbons (Fsp3) is 0.917. The third-order valence-electron chi connectivity index (χ3n) is 6.84. The Kier molecular flexibility index (Phi) is 12.9.